The second-order valence-corrected chi connectivity index (χ2v) is 8.57. The van der Waals surface area contributed by atoms with Crippen LogP contribution in [0.25, 0.3) is 0 Å². The van der Waals surface area contributed by atoms with E-state index in [1.807, 2.05) is 18.2 Å². The van der Waals surface area contributed by atoms with E-state index in [1.165, 1.54) is 16.8 Å². The summed E-state index contributed by atoms with van der Waals surface area (Å²) in [7, 11) is 3.28. The highest BCUT2D eigenvalue weighted by atomic mass is 35.5. The molecule has 1 aliphatic rings. The van der Waals surface area contributed by atoms with Gasteiger partial charge in [-0.3, -0.25) is 4.90 Å². The lowest BCUT2D eigenvalue weighted by atomic mass is 10.1. The third-order valence-corrected chi connectivity index (χ3v) is 6.24. The Kier molecular flexibility index (Phi) is 9.49. The first-order valence-corrected chi connectivity index (χ1v) is 11.6. The molecule has 1 heterocycles. The molecule has 34 heavy (non-hydrogen) atoms. The van der Waals surface area contributed by atoms with Crippen LogP contribution in [0.2, 0.25) is 0 Å². The van der Waals surface area contributed by atoms with Crippen LogP contribution in [0.5, 0.6) is 17.2 Å². The average Bonchev–Trinajstić information content (AvgIpc) is 2.87. The minimum Gasteiger partial charge on any atom is -0.496 e. The summed E-state index contributed by atoms with van der Waals surface area (Å²) in [5, 5.41) is 0. The van der Waals surface area contributed by atoms with E-state index in [4.69, 9.17) is 14.2 Å². The molecule has 0 saturated carbocycles. The van der Waals surface area contributed by atoms with Gasteiger partial charge in [-0.05, 0) is 36.6 Å². The maximum Gasteiger partial charge on any atom is 0.127 e. The van der Waals surface area contributed by atoms with Crippen LogP contribution in [0.15, 0.2) is 66.7 Å². The van der Waals surface area contributed by atoms with Crippen molar-refractivity contribution < 1.29 is 14.2 Å². The number of ether oxygens (including phenoxy) is 3. The predicted molar refractivity (Wildman–Crippen MR) is 141 cm³/mol. The first-order chi connectivity index (χ1) is 16.1. The molecule has 0 aromatic heterocycles. The molecule has 0 unspecified atom stereocenters. The molecule has 0 spiro atoms. The van der Waals surface area contributed by atoms with Gasteiger partial charge in [-0.25, -0.2) is 0 Å². The van der Waals surface area contributed by atoms with Gasteiger partial charge in [0.2, 0.25) is 0 Å². The summed E-state index contributed by atoms with van der Waals surface area (Å²) in [4.78, 5) is 5.06. The molecular formula is C28H35ClN2O3. The van der Waals surface area contributed by atoms with Gasteiger partial charge in [-0.2, -0.15) is 0 Å². The van der Waals surface area contributed by atoms with Crippen molar-refractivity contribution in [2.45, 2.75) is 20.0 Å². The largest absolute Gasteiger partial charge is 0.496 e. The predicted octanol–water partition coefficient (Wildman–Crippen LogP) is 5.38. The number of rotatable bonds is 9. The van der Waals surface area contributed by atoms with E-state index >= 15 is 0 Å². The Bertz CT molecular complexity index is 995. The molecule has 5 nitrogen and oxygen atoms in total. The van der Waals surface area contributed by atoms with Crippen LogP contribution in [0.3, 0.4) is 0 Å². The molecule has 4 rings (SSSR count). The van der Waals surface area contributed by atoms with E-state index in [2.05, 4.69) is 65.3 Å². The van der Waals surface area contributed by atoms with E-state index in [0.717, 1.165) is 62.0 Å². The van der Waals surface area contributed by atoms with Crippen LogP contribution in [0.4, 0.5) is 5.69 Å². The number of hydrogen-bond donors (Lipinski definition) is 0. The number of halogens is 1. The van der Waals surface area contributed by atoms with Gasteiger partial charge in [0.25, 0.3) is 0 Å². The summed E-state index contributed by atoms with van der Waals surface area (Å²) < 4.78 is 16.6. The van der Waals surface area contributed by atoms with Crippen molar-refractivity contribution in [2.75, 3.05) is 51.8 Å². The highest BCUT2D eigenvalue weighted by Gasteiger charge is 2.16. The Morgan fingerprint density at radius 3 is 1.85 bits per heavy atom. The Hall–Kier alpha value is -2.89. The Labute approximate surface area is 209 Å². The maximum atomic E-state index is 5.95. The summed E-state index contributed by atoms with van der Waals surface area (Å²) in [6.45, 7) is 8.16. The van der Waals surface area contributed by atoms with E-state index in [-0.39, 0.29) is 12.4 Å². The van der Waals surface area contributed by atoms with Gasteiger partial charge in [-0.1, -0.05) is 42.0 Å². The molecule has 0 amide bonds. The normalized spacial score (nSPS) is 13.8. The van der Waals surface area contributed by atoms with E-state index in [1.54, 1.807) is 14.2 Å². The van der Waals surface area contributed by atoms with Crippen molar-refractivity contribution in [3.63, 3.8) is 0 Å². The fourth-order valence-electron chi connectivity index (χ4n) is 4.11. The highest BCUT2D eigenvalue weighted by Crippen LogP contribution is 2.28. The smallest absolute Gasteiger partial charge is 0.127 e. The SMILES string of the molecule is COc1cc(OC)cc(OCc2ccc(CCN3CCN(c4ccc(C)cc4)CC3)cc2)c1.Cl. The monoisotopic (exact) mass is 482 g/mol. The number of piperazine rings is 1. The molecule has 1 aliphatic heterocycles. The van der Waals surface area contributed by atoms with Crippen molar-refractivity contribution in [1.29, 1.82) is 0 Å². The van der Waals surface area contributed by atoms with Gasteiger partial charge in [0, 0.05) is 56.6 Å². The van der Waals surface area contributed by atoms with E-state index in [0.29, 0.717) is 6.61 Å². The fourth-order valence-corrected chi connectivity index (χ4v) is 4.11. The van der Waals surface area contributed by atoms with Gasteiger partial charge in [0.15, 0.2) is 0 Å². The third-order valence-electron chi connectivity index (χ3n) is 6.24. The van der Waals surface area contributed by atoms with Crippen LogP contribution in [0, 0.1) is 6.92 Å². The number of benzene rings is 3. The molecule has 1 saturated heterocycles. The highest BCUT2D eigenvalue weighted by molar-refractivity contribution is 5.85. The lowest BCUT2D eigenvalue weighted by Gasteiger charge is -2.36. The van der Waals surface area contributed by atoms with Crippen molar-refractivity contribution in [2.24, 2.45) is 0 Å². The summed E-state index contributed by atoms with van der Waals surface area (Å²) in [6, 6.07) is 23.2. The molecule has 0 N–H and O–H groups in total. The molecule has 0 bridgehead atoms. The topological polar surface area (TPSA) is 34.2 Å². The summed E-state index contributed by atoms with van der Waals surface area (Å²) >= 11 is 0. The Balaban J connectivity index is 0.00000324. The van der Waals surface area contributed by atoms with Gasteiger partial charge in [0.1, 0.15) is 23.9 Å². The van der Waals surface area contributed by atoms with Crippen molar-refractivity contribution in [1.82, 2.24) is 4.90 Å². The zero-order chi connectivity index (χ0) is 23.0. The maximum absolute atomic E-state index is 5.95. The molecule has 6 heteroatoms. The number of nitrogens with zero attached hydrogens (tertiary/aromatic N) is 2. The summed E-state index contributed by atoms with van der Waals surface area (Å²) in [6.07, 6.45) is 1.07. The summed E-state index contributed by atoms with van der Waals surface area (Å²) in [5.74, 6) is 2.18. The average molecular weight is 483 g/mol. The van der Waals surface area contributed by atoms with Crippen molar-refractivity contribution >= 4 is 18.1 Å². The van der Waals surface area contributed by atoms with Crippen molar-refractivity contribution in [3.8, 4) is 17.2 Å². The van der Waals surface area contributed by atoms with Crippen LogP contribution >= 0.6 is 12.4 Å². The first-order valence-electron chi connectivity index (χ1n) is 11.6. The quantitative estimate of drug-likeness (QED) is 0.409. The molecular weight excluding hydrogens is 448 g/mol. The zero-order valence-electron chi connectivity index (χ0n) is 20.3. The molecule has 3 aromatic rings. The molecule has 0 aliphatic carbocycles. The van der Waals surface area contributed by atoms with Crippen LogP contribution < -0.4 is 19.1 Å². The number of methoxy groups -OCH3 is 2. The second-order valence-electron chi connectivity index (χ2n) is 8.57. The van der Waals surface area contributed by atoms with Gasteiger partial charge >= 0.3 is 0 Å². The molecule has 182 valence electrons. The zero-order valence-corrected chi connectivity index (χ0v) is 21.1. The van der Waals surface area contributed by atoms with Crippen LogP contribution in [-0.2, 0) is 13.0 Å². The summed E-state index contributed by atoms with van der Waals surface area (Å²) in [5.41, 5.74) is 5.16. The Morgan fingerprint density at radius 2 is 1.26 bits per heavy atom. The van der Waals surface area contributed by atoms with E-state index in [9.17, 15) is 0 Å². The standard InChI is InChI=1S/C28H34N2O3.ClH/c1-22-4-10-25(11-5-22)30-16-14-29(15-17-30)13-12-23-6-8-24(9-7-23)21-33-28-19-26(31-2)18-27(20-28)32-3;/h4-11,18-20H,12-17,21H2,1-3H3;1H. The molecule has 3 aromatic carbocycles. The van der Waals surface area contributed by atoms with E-state index < -0.39 is 0 Å². The third kappa shape index (κ3) is 7.05. The van der Waals surface area contributed by atoms with Gasteiger partial charge in [0.05, 0.1) is 14.2 Å². The molecule has 1 fully saturated rings. The number of aryl methyl sites for hydroxylation is 1. The Morgan fingerprint density at radius 1 is 0.706 bits per heavy atom. The van der Waals surface area contributed by atoms with Crippen molar-refractivity contribution in [3.05, 3.63) is 83.4 Å². The lowest BCUT2D eigenvalue weighted by Crippen LogP contribution is -2.47. The van der Waals surface area contributed by atoms with Crippen LogP contribution in [-0.4, -0.2) is 51.8 Å². The number of anilines is 1. The molecule has 0 atom stereocenters. The lowest BCUT2D eigenvalue weighted by molar-refractivity contribution is 0.261. The minimum absolute atomic E-state index is 0. The van der Waals surface area contributed by atoms with Gasteiger partial charge in [-0.15, -0.1) is 12.4 Å². The number of hydrogen-bond acceptors (Lipinski definition) is 5. The molecule has 0 radical (unpaired) electrons. The fraction of sp³-hybridized carbons (Fsp3) is 0.357. The van der Waals surface area contributed by atoms with Gasteiger partial charge < -0.3 is 19.1 Å². The first kappa shape index (κ1) is 25.7. The second kappa shape index (κ2) is 12.5. The minimum atomic E-state index is 0. The van der Waals surface area contributed by atoms with Crippen LogP contribution in [0.1, 0.15) is 16.7 Å².